The maximum absolute atomic E-state index is 6.45. The molecule has 190 valence electrons. The summed E-state index contributed by atoms with van der Waals surface area (Å²) in [4.78, 5) is 19.7. The molecule has 37 heavy (non-hydrogen) atoms. The molecule has 5 rings (SSSR count). The van der Waals surface area contributed by atoms with Crippen LogP contribution in [-0.4, -0.2) is 40.8 Å². The summed E-state index contributed by atoms with van der Waals surface area (Å²) in [6.07, 6.45) is 15.5. The van der Waals surface area contributed by atoms with E-state index in [0.717, 1.165) is 76.3 Å². The second kappa shape index (κ2) is 10.9. The van der Waals surface area contributed by atoms with Crippen molar-refractivity contribution in [1.82, 2.24) is 20.3 Å². The summed E-state index contributed by atoms with van der Waals surface area (Å²) < 4.78 is 0. The van der Waals surface area contributed by atoms with E-state index in [9.17, 15) is 0 Å². The van der Waals surface area contributed by atoms with Gasteiger partial charge in [-0.05, 0) is 55.0 Å². The predicted octanol–water partition coefficient (Wildman–Crippen LogP) is 5.85. The van der Waals surface area contributed by atoms with Gasteiger partial charge in [0.2, 0.25) is 0 Å². The number of benzene rings is 1. The second-order valence-electron chi connectivity index (χ2n) is 9.70. The first kappa shape index (κ1) is 24.6. The smallest absolute Gasteiger partial charge is 0.138 e. The van der Waals surface area contributed by atoms with Crippen LogP contribution in [0.5, 0.6) is 0 Å². The highest BCUT2D eigenvalue weighted by atomic mass is 15.2. The molecule has 0 saturated carbocycles. The van der Waals surface area contributed by atoms with Gasteiger partial charge in [-0.3, -0.25) is 9.98 Å². The monoisotopic (exact) mass is 493 g/mol. The maximum Gasteiger partial charge on any atom is 0.138 e. The molecule has 0 aliphatic carbocycles. The van der Waals surface area contributed by atoms with Crippen LogP contribution in [0.15, 0.2) is 72.3 Å². The van der Waals surface area contributed by atoms with Gasteiger partial charge in [0.15, 0.2) is 0 Å². The van der Waals surface area contributed by atoms with Gasteiger partial charge >= 0.3 is 0 Å². The third kappa shape index (κ3) is 5.35. The largest absolute Gasteiger partial charge is 0.398 e. The number of aromatic nitrogens is 3. The molecule has 4 heterocycles. The Morgan fingerprint density at radius 3 is 2.81 bits per heavy atom. The van der Waals surface area contributed by atoms with Gasteiger partial charge in [-0.1, -0.05) is 38.6 Å². The van der Waals surface area contributed by atoms with E-state index < -0.39 is 0 Å². The van der Waals surface area contributed by atoms with E-state index in [4.69, 9.17) is 10.7 Å². The lowest BCUT2D eigenvalue weighted by Crippen LogP contribution is -2.29. The number of nitrogen functional groups attached to an aromatic ring is 1. The van der Waals surface area contributed by atoms with E-state index in [0.29, 0.717) is 18.1 Å². The zero-order valence-corrected chi connectivity index (χ0v) is 21.6. The number of aliphatic imine (C=N–C) groups is 1. The Hall–Kier alpha value is -4.13. The Morgan fingerprint density at radius 2 is 2.00 bits per heavy atom. The molecule has 2 aromatic heterocycles. The molecular weight excluding hydrogens is 458 g/mol. The molecule has 0 unspecified atom stereocenters. The van der Waals surface area contributed by atoms with Gasteiger partial charge in [-0.15, -0.1) is 0 Å². The highest BCUT2D eigenvalue weighted by molar-refractivity contribution is 5.93. The van der Waals surface area contributed by atoms with Gasteiger partial charge < -0.3 is 20.9 Å². The summed E-state index contributed by atoms with van der Waals surface area (Å²) in [7, 11) is 0. The summed E-state index contributed by atoms with van der Waals surface area (Å²) in [5, 5.41) is 3.39. The number of hydrogen-bond donors (Lipinski definition) is 3. The summed E-state index contributed by atoms with van der Waals surface area (Å²) in [5.41, 5.74) is 15.7. The minimum atomic E-state index is 0.605. The molecule has 0 radical (unpaired) electrons. The zero-order chi connectivity index (χ0) is 25.8. The number of allylic oxidation sites excluding steroid dienone is 4. The number of anilines is 2. The molecule has 2 aliphatic heterocycles. The van der Waals surface area contributed by atoms with E-state index in [2.05, 4.69) is 63.5 Å². The molecule has 2 aliphatic rings. The summed E-state index contributed by atoms with van der Waals surface area (Å²) in [6, 6.07) is 6.05. The van der Waals surface area contributed by atoms with Crippen molar-refractivity contribution in [2.75, 3.05) is 30.3 Å². The van der Waals surface area contributed by atoms with Crippen LogP contribution in [0.1, 0.15) is 56.0 Å². The summed E-state index contributed by atoms with van der Waals surface area (Å²) in [5.74, 6) is 0.706. The first-order valence-corrected chi connectivity index (χ1v) is 13.1. The first-order chi connectivity index (χ1) is 18.0. The quantitative estimate of drug-likeness (QED) is 0.342. The standard InChI is InChI=1S/C30H35N7/c1-4-8-20(2)34-24-15-23(11-12-32-17-24)22-9-10-26(31)25(16-22)21(3)30-35-27-18-33-19-28(29(27)36-30)37-13-6-5-7-14-37/h9-11,15-19,34H,2-8,12-14,31H2,1H3,(H,35,36). The van der Waals surface area contributed by atoms with Gasteiger partial charge in [0.1, 0.15) is 11.3 Å². The Balaban J connectivity index is 1.45. The molecule has 0 amide bonds. The van der Waals surface area contributed by atoms with Crippen molar-refractivity contribution < 1.29 is 0 Å². The van der Waals surface area contributed by atoms with Gasteiger partial charge in [0.25, 0.3) is 0 Å². The fourth-order valence-corrected chi connectivity index (χ4v) is 4.96. The van der Waals surface area contributed by atoms with Crippen molar-refractivity contribution in [2.24, 2.45) is 4.99 Å². The third-order valence-electron chi connectivity index (χ3n) is 6.90. The van der Waals surface area contributed by atoms with E-state index >= 15 is 0 Å². The van der Waals surface area contributed by atoms with Crippen molar-refractivity contribution in [3.8, 4) is 0 Å². The highest BCUT2D eigenvalue weighted by Crippen LogP contribution is 2.32. The lowest BCUT2D eigenvalue weighted by molar-refractivity contribution is 0.578. The third-order valence-corrected chi connectivity index (χ3v) is 6.90. The molecule has 4 N–H and O–H groups in total. The number of pyridine rings is 1. The number of H-pyrrole nitrogens is 1. The van der Waals surface area contributed by atoms with Gasteiger partial charge in [-0.25, -0.2) is 4.98 Å². The lowest BCUT2D eigenvalue weighted by Gasteiger charge is -2.28. The number of aromatic amines is 1. The zero-order valence-electron chi connectivity index (χ0n) is 21.6. The van der Waals surface area contributed by atoms with Crippen molar-refractivity contribution in [2.45, 2.75) is 39.0 Å². The highest BCUT2D eigenvalue weighted by Gasteiger charge is 2.19. The number of rotatable bonds is 8. The predicted molar refractivity (Wildman–Crippen MR) is 156 cm³/mol. The Kier molecular flexibility index (Phi) is 7.21. The molecular formula is C30H35N7. The van der Waals surface area contributed by atoms with E-state index in [1.807, 2.05) is 30.7 Å². The number of hydrogen-bond acceptors (Lipinski definition) is 6. The molecule has 0 spiro atoms. The van der Waals surface area contributed by atoms with Crippen LogP contribution in [0.2, 0.25) is 0 Å². The summed E-state index contributed by atoms with van der Waals surface area (Å²) >= 11 is 0. The number of imidazole rings is 1. The van der Waals surface area contributed by atoms with Crippen LogP contribution < -0.4 is 16.0 Å². The number of nitrogens with one attached hydrogen (secondary N) is 2. The molecule has 3 aromatic rings. The minimum Gasteiger partial charge on any atom is -0.398 e. The second-order valence-corrected chi connectivity index (χ2v) is 9.70. The lowest BCUT2D eigenvalue weighted by atomic mass is 9.97. The van der Waals surface area contributed by atoms with Gasteiger partial charge in [0.05, 0.1) is 35.8 Å². The Morgan fingerprint density at radius 1 is 1.16 bits per heavy atom. The molecule has 0 atom stereocenters. The molecule has 0 bridgehead atoms. The van der Waals surface area contributed by atoms with E-state index in [1.54, 1.807) is 0 Å². The Bertz CT molecular complexity index is 1420. The minimum absolute atomic E-state index is 0.605. The Labute approximate surface area is 218 Å². The van der Waals surface area contributed by atoms with Crippen molar-refractivity contribution in [3.05, 3.63) is 84.2 Å². The van der Waals surface area contributed by atoms with Crippen LogP contribution >= 0.6 is 0 Å². The average molecular weight is 494 g/mol. The van der Waals surface area contributed by atoms with Crippen LogP contribution in [0, 0.1) is 0 Å². The molecule has 7 heteroatoms. The van der Waals surface area contributed by atoms with Gasteiger partial charge in [-0.2, -0.15) is 0 Å². The normalized spacial score (nSPS) is 15.8. The van der Waals surface area contributed by atoms with Crippen molar-refractivity contribution >= 4 is 39.8 Å². The fraction of sp³-hybridized carbons (Fsp3) is 0.300. The van der Waals surface area contributed by atoms with E-state index in [-0.39, 0.29) is 0 Å². The van der Waals surface area contributed by atoms with Crippen LogP contribution in [0.25, 0.3) is 22.2 Å². The first-order valence-electron chi connectivity index (χ1n) is 13.1. The molecule has 1 aromatic carbocycles. The molecule has 1 fully saturated rings. The van der Waals surface area contributed by atoms with Crippen molar-refractivity contribution in [3.63, 3.8) is 0 Å². The average Bonchev–Trinajstić information content (AvgIpc) is 3.22. The van der Waals surface area contributed by atoms with Gasteiger partial charge in [0, 0.05) is 41.8 Å². The molecule has 7 nitrogen and oxygen atoms in total. The number of nitrogens with two attached hydrogens (primary N) is 1. The van der Waals surface area contributed by atoms with Crippen LogP contribution in [-0.2, 0) is 0 Å². The maximum atomic E-state index is 6.45. The van der Waals surface area contributed by atoms with Crippen LogP contribution in [0.4, 0.5) is 11.4 Å². The van der Waals surface area contributed by atoms with Crippen molar-refractivity contribution in [1.29, 1.82) is 0 Å². The molecule has 1 saturated heterocycles. The number of nitrogens with zero attached hydrogens (tertiary/aromatic N) is 4. The SMILES string of the molecule is C=C(CCC)NC1=CC(c2ccc(N)c(C(=C)c3nc4c(N5CCCCC5)cncc4[nH]3)c2)=CCN=C1. The number of fused-ring (bicyclic) bond motifs is 1. The topological polar surface area (TPSA) is 95.2 Å². The summed E-state index contributed by atoms with van der Waals surface area (Å²) in [6.45, 7) is 13.3. The number of piperidine rings is 1. The van der Waals surface area contributed by atoms with Crippen LogP contribution in [0.3, 0.4) is 0 Å². The van der Waals surface area contributed by atoms with E-state index in [1.165, 1.54) is 19.3 Å². The fourth-order valence-electron chi connectivity index (χ4n) is 4.96.